The third-order valence-electron chi connectivity index (χ3n) is 3.22. The summed E-state index contributed by atoms with van der Waals surface area (Å²) in [5, 5.41) is 2.81. The third-order valence-corrected chi connectivity index (χ3v) is 3.22. The SMILES string of the molecule is CC(C)NC(=O)C1CN(C(=O)COc2ccccc2F)C1. The fourth-order valence-electron chi connectivity index (χ4n) is 2.04. The molecule has 0 saturated carbocycles. The maximum atomic E-state index is 13.3. The second-order valence-corrected chi connectivity index (χ2v) is 5.38. The van der Waals surface area contributed by atoms with Crippen LogP contribution in [-0.2, 0) is 9.59 Å². The van der Waals surface area contributed by atoms with Crippen LogP contribution >= 0.6 is 0 Å². The molecule has 2 rings (SSSR count). The summed E-state index contributed by atoms with van der Waals surface area (Å²) in [5.41, 5.74) is 0. The summed E-state index contributed by atoms with van der Waals surface area (Å²) in [6, 6.07) is 6.02. The van der Waals surface area contributed by atoms with E-state index >= 15 is 0 Å². The average Bonchev–Trinajstić information content (AvgIpc) is 2.35. The summed E-state index contributed by atoms with van der Waals surface area (Å²) in [6.07, 6.45) is 0. The van der Waals surface area contributed by atoms with Crippen molar-refractivity contribution in [2.24, 2.45) is 5.92 Å². The maximum absolute atomic E-state index is 13.3. The highest BCUT2D eigenvalue weighted by Crippen LogP contribution is 2.18. The number of hydrogen-bond donors (Lipinski definition) is 1. The minimum atomic E-state index is -0.497. The van der Waals surface area contributed by atoms with E-state index in [2.05, 4.69) is 5.32 Å². The van der Waals surface area contributed by atoms with Crippen molar-refractivity contribution in [2.45, 2.75) is 19.9 Å². The highest BCUT2D eigenvalue weighted by atomic mass is 19.1. The number of amides is 2. The number of nitrogens with one attached hydrogen (secondary N) is 1. The second kappa shape index (κ2) is 6.56. The van der Waals surface area contributed by atoms with Gasteiger partial charge in [-0.3, -0.25) is 9.59 Å². The number of carbonyl (C=O) groups is 2. The van der Waals surface area contributed by atoms with Crippen LogP contribution in [-0.4, -0.2) is 42.5 Å². The molecule has 1 aliphatic heterocycles. The Balaban J connectivity index is 1.74. The molecule has 2 amide bonds. The predicted octanol–water partition coefficient (Wildman–Crippen LogP) is 1.19. The normalized spacial score (nSPS) is 14.8. The zero-order chi connectivity index (χ0) is 15.4. The van der Waals surface area contributed by atoms with E-state index < -0.39 is 5.82 Å². The molecule has 1 aromatic rings. The summed E-state index contributed by atoms with van der Waals surface area (Å²) in [6.45, 7) is 4.33. The number of hydrogen-bond acceptors (Lipinski definition) is 3. The molecule has 21 heavy (non-hydrogen) atoms. The fraction of sp³-hybridized carbons (Fsp3) is 0.467. The topological polar surface area (TPSA) is 58.6 Å². The Morgan fingerprint density at radius 2 is 2.05 bits per heavy atom. The first kappa shape index (κ1) is 15.3. The van der Waals surface area contributed by atoms with Gasteiger partial charge in [-0.1, -0.05) is 12.1 Å². The Hall–Kier alpha value is -2.11. The molecule has 6 heteroatoms. The highest BCUT2D eigenvalue weighted by Gasteiger charge is 2.35. The lowest BCUT2D eigenvalue weighted by molar-refractivity contribution is -0.144. The molecule has 1 saturated heterocycles. The Morgan fingerprint density at radius 3 is 2.67 bits per heavy atom. The minimum Gasteiger partial charge on any atom is -0.481 e. The van der Waals surface area contributed by atoms with Crippen molar-refractivity contribution in [3.63, 3.8) is 0 Å². The molecule has 1 fully saturated rings. The molecule has 0 spiro atoms. The van der Waals surface area contributed by atoms with Gasteiger partial charge in [-0.25, -0.2) is 4.39 Å². The zero-order valence-corrected chi connectivity index (χ0v) is 12.1. The van der Waals surface area contributed by atoms with Crippen molar-refractivity contribution < 1.29 is 18.7 Å². The molecule has 0 atom stereocenters. The molecule has 1 aromatic carbocycles. The standard InChI is InChI=1S/C15H19FN2O3/c1-10(2)17-15(20)11-7-18(8-11)14(19)9-21-13-6-4-3-5-12(13)16/h3-6,10-11H,7-9H2,1-2H3,(H,17,20). The van der Waals surface area contributed by atoms with Crippen LogP contribution in [0.1, 0.15) is 13.8 Å². The molecule has 1 aliphatic rings. The zero-order valence-electron chi connectivity index (χ0n) is 12.1. The van der Waals surface area contributed by atoms with Gasteiger partial charge in [-0.15, -0.1) is 0 Å². The quantitative estimate of drug-likeness (QED) is 0.887. The minimum absolute atomic E-state index is 0.0379. The van der Waals surface area contributed by atoms with Gasteiger partial charge >= 0.3 is 0 Å². The van der Waals surface area contributed by atoms with Crippen LogP contribution in [0.4, 0.5) is 4.39 Å². The molecular weight excluding hydrogens is 275 g/mol. The monoisotopic (exact) mass is 294 g/mol. The van der Waals surface area contributed by atoms with Crippen molar-refractivity contribution in [1.82, 2.24) is 10.2 Å². The molecule has 114 valence electrons. The van der Waals surface area contributed by atoms with E-state index in [1.165, 1.54) is 17.0 Å². The molecule has 0 radical (unpaired) electrons. The lowest BCUT2D eigenvalue weighted by atomic mass is 9.99. The molecule has 0 aliphatic carbocycles. The van der Waals surface area contributed by atoms with E-state index in [1.807, 2.05) is 13.8 Å². The van der Waals surface area contributed by atoms with E-state index in [9.17, 15) is 14.0 Å². The first-order valence-electron chi connectivity index (χ1n) is 6.93. The molecule has 1 heterocycles. The van der Waals surface area contributed by atoms with Crippen LogP contribution < -0.4 is 10.1 Å². The van der Waals surface area contributed by atoms with Crippen molar-refractivity contribution in [3.05, 3.63) is 30.1 Å². The van der Waals surface area contributed by atoms with Gasteiger partial charge in [0.2, 0.25) is 5.91 Å². The summed E-state index contributed by atoms with van der Waals surface area (Å²) in [5.74, 6) is -0.885. The molecule has 0 aromatic heterocycles. The summed E-state index contributed by atoms with van der Waals surface area (Å²) < 4.78 is 18.5. The lowest BCUT2D eigenvalue weighted by Crippen LogP contribution is -2.57. The van der Waals surface area contributed by atoms with E-state index in [0.29, 0.717) is 13.1 Å². The molecule has 0 bridgehead atoms. The number of likely N-dealkylation sites (tertiary alicyclic amines) is 1. The third kappa shape index (κ3) is 3.93. The summed E-state index contributed by atoms with van der Waals surface area (Å²) in [4.78, 5) is 25.1. The van der Waals surface area contributed by atoms with Crippen LogP contribution in [0.15, 0.2) is 24.3 Å². The van der Waals surface area contributed by atoms with Gasteiger partial charge in [0.15, 0.2) is 18.2 Å². The number of nitrogens with zero attached hydrogens (tertiary/aromatic N) is 1. The molecule has 5 nitrogen and oxygen atoms in total. The Kier molecular flexibility index (Phi) is 4.77. The highest BCUT2D eigenvalue weighted by molar-refractivity contribution is 5.85. The van der Waals surface area contributed by atoms with Crippen molar-refractivity contribution >= 4 is 11.8 Å². The predicted molar refractivity (Wildman–Crippen MR) is 75.2 cm³/mol. The number of benzene rings is 1. The number of para-hydroxylation sites is 1. The second-order valence-electron chi connectivity index (χ2n) is 5.38. The fourth-order valence-corrected chi connectivity index (χ4v) is 2.04. The van der Waals surface area contributed by atoms with Crippen LogP contribution in [0.3, 0.4) is 0 Å². The van der Waals surface area contributed by atoms with Gasteiger partial charge in [-0.2, -0.15) is 0 Å². The number of halogens is 1. The van der Waals surface area contributed by atoms with Gasteiger partial charge < -0.3 is 15.0 Å². The largest absolute Gasteiger partial charge is 0.481 e. The number of rotatable bonds is 5. The summed E-state index contributed by atoms with van der Waals surface area (Å²) in [7, 11) is 0. The van der Waals surface area contributed by atoms with E-state index in [0.717, 1.165) is 0 Å². The summed E-state index contributed by atoms with van der Waals surface area (Å²) >= 11 is 0. The Bertz CT molecular complexity index is 527. The molecule has 0 unspecified atom stereocenters. The smallest absolute Gasteiger partial charge is 0.260 e. The number of ether oxygens (including phenoxy) is 1. The van der Waals surface area contributed by atoms with Crippen molar-refractivity contribution in [1.29, 1.82) is 0 Å². The van der Waals surface area contributed by atoms with E-state index in [4.69, 9.17) is 4.74 Å². The van der Waals surface area contributed by atoms with Crippen LogP contribution in [0.5, 0.6) is 5.75 Å². The first-order valence-corrected chi connectivity index (χ1v) is 6.93. The van der Waals surface area contributed by atoms with Gasteiger partial charge in [-0.05, 0) is 26.0 Å². The maximum Gasteiger partial charge on any atom is 0.260 e. The van der Waals surface area contributed by atoms with Crippen LogP contribution in [0.25, 0.3) is 0 Å². The van der Waals surface area contributed by atoms with Crippen LogP contribution in [0.2, 0.25) is 0 Å². The van der Waals surface area contributed by atoms with E-state index in [1.54, 1.807) is 12.1 Å². The van der Waals surface area contributed by atoms with Gasteiger partial charge in [0.1, 0.15) is 0 Å². The first-order chi connectivity index (χ1) is 9.97. The molecular formula is C15H19FN2O3. The Morgan fingerprint density at radius 1 is 1.38 bits per heavy atom. The van der Waals surface area contributed by atoms with Gasteiger partial charge in [0.05, 0.1) is 5.92 Å². The Labute approximate surface area is 123 Å². The van der Waals surface area contributed by atoms with Crippen molar-refractivity contribution in [3.8, 4) is 5.75 Å². The van der Waals surface area contributed by atoms with Gasteiger partial charge in [0.25, 0.3) is 5.91 Å². The lowest BCUT2D eigenvalue weighted by Gasteiger charge is -2.38. The average molecular weight is 294 g/mol. The van der Waals surface area contributed by atoms with Crippen LogP contribution in [0, 0.1) is 11.7 Å². The van der Waals surface area contributed by atoms with E-state index in [-0.39, 0.29) is 36.1 Å². The van der Waals surface area contributed by atoms with Crippen molar-refractivity contribution in [2.75, 3.05) is 19.7 Å². The van der Waals surface area contributed by atoms with Gasteiger partial charge in [0, 0.05) is 19.1 Å². The number of carbonyl (C=O) groups excluding carboxylic acids is 2. The molecule has 1 N–H and O–H groups in total.